The third kappa shape index (κ3) is 5.81. The van der Waals surface area contributed by atoms with E-state index >= 15 is 0 Å². The Morgan fingerprint density at radius 2 is 1.74 bits per heavy atom. The number of amides is 2. The van der Waals surface area contributed by atoms with Crippen LogP contribution in [0.15, 0.2) is 43.0 Å². The van der Waals surface area contributed by atoms with Crippen LogP contribution in [0.5, 0.6) is 5.75 Å². The molecule has 0 spiro atoms. The zero-order valence-electron chi connectivity index (χ0n) is 17.9. The maximum atomic E-state index is 12.9. The molecule has 1 aliphatic heterocycles. The van der Waals surface area contributed by atoms with Gasteiger partial charge < -0.3 is 14.5 Å². The van der Waals surface area contributed by atoms with E-state index in [0.717, 1.165) is 5.56 Å². The van der Waals surface area contributed by atoms with Gasteiger partial charge in [0, 0.05) is 44.8 Å². The van der Waals surface area contributed by atoms with Crippen LogP contribution in [-0.4, -0.2) is 64.4 Å². The summed E-state index contributed by atoms with van der Waals surface area (Å²) >= 11 is 0. The number of ether oxygens (including phenoxy) is 1. The summed E-state index contributed by atoms with van der Waals surface area (Å²) in [5, 5.41) is 0. The molecule has 2 amide bonds. The van der Waals surface area contributed by atoms with Gasteiger partial charge in [-0.15, -0.1) is 0 Å². The first-order valence-corrected chi connectivity index (χ1v) is 11.2. The molecular weight excluding hydrogens is 392 g/mol. The van der Waals surface area contributed by atoms with Crippen LogP contribution >= 0.6 is 0 Å². The predicted molar refractivity (Wildman–Crippen MR) is 117 cm³/mol. The van der Waals surface area contributed by atoms with E-state index in [9.17, 15) is 9.59 Å². The van der Waals surface area contributed by atoms with E-state index in [-0.39, 0.29) is 11.8 Å². The molecule has 1 aliphatic carbocycles. The maximum absolute atomic E-state index is 12.9. The zero-order valence-corrected chi connectivity index (χ0v) is 17.9. The number of hydrogen-bond acceptors (Lipinski definition) is 5. The van der Waals surface area contributed by atoms with Crippen LogP contribution in [0.1, 0.15) is 48.0 Å². The monoisotopic (exact) mass is 422 g/mol. The summed E-state index contributed by atoms with van der Waals surface area (Å²) in [4.78, 5) is 37.3. The summed E-state index contributed by atoms with van der Waals surface area (Å²) in [6.45, 7) is 2.80. The molecule has 1 saturated carbocycles. The van der Waals surface area contributed by atoms with Crippen molar-refractivity contribution in [3.8, 4) is 5.75 Å². The fourth-order valence-corrected chi connectivity index (χ4v) is 4.31. The number of aromatic nitrogens is 2. The number of rotatable bonds is 6. The molecule has 2 aliphatic rings. The van der Waals surface area contributed by atoms with Gasteiger partial charge in [-0.25, -0.2) is 0 Å². The largest absolute Gasteiger partial charge is 0.492 e. The average Bonchev–Trinajstić information content (AvgIpc) is 2.84. The van der Waals surface area contributed by atoms with Gasteiger partial charge in [-0.3, -0.25) is 19.6 Å². The lowest BCUT2D eigenvalue weighted by Crippen LogP contribution is -2.51. The second kappa shape index (κ2) is 10.4. The fraction of sp³-hybridized carbons (Fsp3) is 0.500. The van der Waals surface area contributed by atoms with Gasteiger partial charge in [0.05, 0.1) is 24.8 Å². The third-order valence-electron chi connectivity index (χ3n) is 6.17. The van der Waals surface area contributed by atoms with Gasteiger partial charge in [0.25, 0.3) is 5.91 Å². The maximum Gasteiger partial charge on any atom is 0.255 e. The minimum atomic E-state index is -0.0602. The molecule has 0 N–H and O–H groups in total. The van der Waals surface area contributed by atoms with E-state index in [2.05, 4.69) is 9.97 Å². The normalized spacial score (nSPS) is 17.4. The van der Waals surface area contributed by atoms with Gasteiger partial charge in [0.1, 0.15) is 5.75 Å². The van der Waals surface area contributed by atoms with Crippen LogP contribution in [0.3, 0.4) is 0 Å². The Kier molecular flexibility index (Phi) is 7.12. The lowest BCUT2D eigenvalue weighted by molar-refractivity contribution is -0.131. The highest BCUT2D eigenvalue weighted by molar-refractivity contribution is 5.94. The number of carbonyl (C=O) groups excluding carboxylic acids is 2. The van der Waals surface area contributed by atoms with Crippen LogP contribution in [0.4, 0.5) is 0 Å². The van der Waals surface area contributed by atoms with Crippen molar-refractivity contribution in [3.63, 3.8) is 0 Å². The first-order chi connectivity index (χ1) is 15.2. The quantitative estimate of drug-likeness (QED) is 0.715. The minimum Gasteiger partial charge on any atom is -0.492 e. The predicted octanol–water partition coefficient (Wildman–Crippen LogP) is 2.96. The smallest absolute Gasteiger partial charge is 0.255 e. The third-order valence-corrected chi connectivity index (χ3v) is 6.17. The van der Waals surface area contributed by atoms with E-state index in [1.807, 2.05) is 17.0 Å². The molecule has 0 atom stereocenters. The summed E-state index contributed by atoms with van der Waals surface area (Å²) in [5.74, 6) is 1.27. The summed E-state index contributed by atoms with van der Waals surface area (Å²) in [6, 6.07) is 5.53. The molecule has 2 fully saturated rings. The van der Waals surface area contributed by atoms with Crippen molar-refractivity contribution in [2.45, 2.75) is 38.5 Å². The first-order valence-electron chi connectivity index (χ1n) is 11.2. The Balaban J connectivity index is 1.27. The van der Waals surface area contributed by atoms with E-state index in [0.29, 0.717) is 56.4 Å². The number of piperazine rings is 1. The molecule has 0 bridgehead atoms. The molecule has 7 heteroatoms. The summed E-state index contributed by atoms with van der Waals surface area (Å²) in [7, 11) is 0. The van der Waals surface area contributed by atoms with E-state index in [1.54, 1.807) is 35.8 Å². The van der Waals surface area contributed by atoms with Crippen molar-refractivity contribution >= 4 is 11.8 Å². The number of hydrogen-bond donors (Lipinski definition) is 0. The molecule has 31 heavy (non-hydrogen) atoms. The highest BCUT2D eigenvalue weighted by Gasteiger charge is 2.25. The molecule has 0 radical (unpaired) electrons. The summed E-state index contributed by atoms with van der Waals surface area (Å²) in [6.07, 6.45) is 13.3. The van der Waals surface area contributed by atoms with Gasteiger partial charge in [-0.05, 0) is 36.5 Å². The molecule has 3 heterocycles. The highest BCUT2D eigenvalue weighted by atomic mass is 16.5. The Morgan fingerprint density at radius 1 is 0.968 bits per heavy atom. The van der Waals surface area contributed by atoms with Gasteiger partial charge in [0.15, 0.2) is 0 Å². The SMILES string of the molecule is O=C(Cc1cccnc1)N1CCN(C(=O)c2cncc(OCC3CCCCC3)c2)CC1. The van der Waals surface area contributed by atoms with Crippen LogP contribution in [0, 0.1) is 5.92 Å². The second-order valence-corrected chi connectivity index (χ2v) is 8.44. The zero-order chi connectivity index (χ0) is 21.5. The Bertz CT molecular complexity index is 875. The highest BCUT2D eigenvalue weighted by Crippen LogP contribution is 2.25. The Morgan fingerprint density at radius 3 is 2.48 bits per heavy atom. The molecular formula is C24H30N4O3. The second-order valence-electron chi connectivity index (χ2n) is 8.44. The van der Waals surface area contributed by atoms with Crippen LogP contribution in [0.25, 0.3) is 0 Å². The van der Waals surface area contributed by atoms with Crippen molar-refractivity contribution in [3.05, 3.63) is 54.1 Å². The molecule has 7 nitrogen and oxygen atoms in total. The number of nitrogens with zero attached hydrogens (tertiary/aromatic N) is 4. The molecule has 1 saturated heterocycles. The van der Waals surface area contributed by atoms with Crippen LogP contribution in [-0.2, 0) is 11.2 Å². The number of carbonyl (C=O) groups is 2. The van der Waals surface area contributed by atoms with Gasteiger partial charge in [-0.2, -0.15) is 0 Å². The molecule has 0 unspecified atom stereocenters. The van der Waals surface area contributed by atoms with E-state index in [1.165, 1.54) is 32.1 Å². The molecule has 2 aromatic rings. The molecule has 2 aromatic heterocycles. The van der Waals surface area contributed by atoms with Crippen molar-refractivity contribution in [2.75, 3.05) is 32.8 Å². The Hall–Kier alpha value is -2.96. The van der Waals surface area contributed by atoms with Crippen molar-refractivity contribution in [1.29, 1.82) is 0 Å². The van der Waals surface area contributed by atoms with Crippen molar-refractivity contribution in [2.24, 2.45) is 5.92 Å². The topological polar surface area (TPSA) is 75.6 Å². The summed E-state index contributed by atoms with van der Waals surface area (Å²) < 4.78 is 5.94. The molecule has 4 rings (SSSR count). The lowest BCUT2D eigenvalue weighted by atomic mass is 9.90. The minimum absolute atomic E-state index is 0.0602. The molecule has 164 valence electrons. The Labute approximate surface area is 183 Å². The molecule has 0 aromatic carbocycles. The number of pyridine rings is 2. The standard InChI is InChI=1S/C24H30N4O3/c29-23(13-20-7-4-8-25-15-20)27-9-11-28(12-10-27)24(30)21-14-22(17-26-16-21)31-18-19-5-2-1-3-6-19/h4,7-8,14-17,19H,1-3,5-6,9-13,18H2. The fourth-order valence-electron chi connectivity index (χ4n) is 4.31. The first kappa shape index (κ1) is 21.3. The van der Waals surface area contributed by atoms with Gasteiger partial charge >= 0.3 is 0 Å². The van der Waals surface area contributed by atoms with Crippen molar-refractivity contribution in [1.82, 2.24) is 19.8 Å². The van der Waals surface area contributed by atoms with Crippen LogP contribution < -0.4 is 4.74 Å². The lowest BCUT2D eigenvalue weighted by Gasteiger charge is -2.35. The van der Waals surface area contributed by atoms with E-state index < -0.39 is 0 Å². The average molecular weight is 423 g/mol. The van der Waals surface area contributed by atoms with E-state index in [4.69, 9.17) is 4.74 Å². The summed E-state index contributed by atoms with van der Waals surface area (Å²) in [5.41, 5.74) is 1.44. The van der Waals surface area contributed by atoms with Crippen molar-refractivity contribution < 1.29 is 14.3 Å². The van der Waals surface area contributed by atoms with Gasteiger partial charge in [-0.1, -0.05) is 25.3 Å². The van der Waals surface area contributed by atoms with Crippen LogP contribution in [0.2, 0.25) is 0 Å². The van der Waals surface area contributed by atoms with Gasteiger partial charge in [0.2, 0.25) is 5.91 Å².